The number of aryl methyl sites for hydroxylation is 1. The number of imidazole rings is 8. The Labute approximate surface area is 746 Å². The number of aromatic nitrogens is 24. The summed E-state index contributed by atoms with van der Waals surface area (Å²) in [7, 11) is 0. The minimum atomic E-state index is -0.431. The van der Waals surface area contributed by atoms with E-state index in [0.29, 0.717) is 160 Å². The van der Waals surface area contributed by atoms with E-state index in [1.165, 1.54) is 22.4 Å². The maximum Gasteiger partial charge on any atom is 0.297 e. The molecule has 19 heterocycles. The molecule has 0 spiro atoms. The van der Waals surface area contributed by atoms with E-state index in [1.807, 2.05) is 72.6 Å². The standard InChI is InChI=1S/C25H22N8OS.C22H21BrN8OS.C21H19N9O3S.C17H18N8O/c1-2-4-17-12-20-19(11-16(17)3-1)28-21(29-20)13-26-23-22-24(33(15-27-22)18-5-10-35-14-18)31-25(30-23)32-6-8-34-9-7-32;1-13-8-15(23)18-16(9-13)26-17(27-18)10-24-20-19-21(31(12-25-19)14-2-7-33-11-14)29-22(28-20)30-3-5-32-6-4-30;31-30(32)15-3-1-2-14-17(15)25-16(24-14)10-22-19-18-20(29(12-23-18)13-4-9-34-11-13)27-21(26-19)28-5-7-33-8-6-28;1-2-4-12-11(3-1)21-13(22-12)9-18-15-14-16(20-10-19-14)24-17(23-15)25-5-7-26-8-6-25/h1-5,10-12,14-15H,6-9,13H2,(H,28,29)(H,26,30,31);2,7-9,11-12H,3-6,10H2,1H3,(H,26,27)(H,24,28,29);1-4,9,11-12H,5-8,10H2,(H,24,25)(H,22,26,27);1-4,10H,5-9H2,(H,21,22)(H2,18,19,20,23,24). The fraction of sp³-hybridized carbons (Fsp3) is 0.247. The number of anilines is 8. The van der Waals surface area contributed by atoms with Gasteiger partial charge in [-0.1, -0.05) is 42.5 Å². The van der Waals surface area contributed by atoms with Crippen molar-refractivity contribution in [1.29, 1.82) is 0 Å². The summed E-state index contributed by atoms with van der Waals surface area (Å²) in [6.45, 7) is 15.1. The van der Waals surface area contributed by atoms with Crippen LogP contribution in [0.5, 0.6) is 0 Å². The molecule has 0 aliphatic carbocycles. The molecule has 15 aromatic heterocycles. The molecule has 0 saturated carbocycles. The summed E-state index contributed by atoms with van der Waals surface area (Å²) in [6.07, 6.45) is 6.98. The molecule has 43 heteroatoms. The quantitative estimate of drug-likeness (QED) is 0.0253. The van der Waals surface area contributed by atoms with Gasteiger partial charge in [-0.15, -0.1) is 0 Å². The van der Waals surface area contributed by atoms with Gasteiger partial charge in [-0.3, -0.25) is 23.8 Å². The van der Waals surface area contributed by atoms with E-state index in [2.05, 4.69) is 194 Å². The molecule has 24 rings (SSSR count). The Morgan fingerprint density at radius 2 is 0.836 bits per heavy atom. The lowest BCUT2D eigenvalue weighted by molar-refractivity contribution is -0.383. The van der Waals surface area contributed by atoms with Crippen LogP contribution >= 0.6 is 49.9 Å². The van der Waals surface area contributed by atoms with Gasteiger partial charge in [0.05, 0.1) is 140 Å². The smallest absolute Gasteiger partial charge is 0.297 e. The first-order valence-electron chi connectivity index (χ1n) is 41.4. The van der Waals surface area contributed by atoms with Gasteiger partial charge in [0.15, 0.2) is 67.9 Å². The number of nitro groups is 1. The van der Waals surface area contributed by atoms with Crippen molar-refractivity contribution in [1.82, 2.24) is 118 Å². The first-order chi connectivity index (χ1) is 63.0. The number of fused-ring (bicyclic) bond motifs is 9. The van der Waals surface area contributed by atoms with Crippen molar-refractivity contribution in [2.75, 3.05) is 146 Å². The number of non-ortho nitro benzene ring substituents is 1. The highest BCUT2D eigenvalue weighted by Crippen LogP contribution is 2.34. The Morgan fingerprint density at radius 1 is 0.414 bits per heavy atom. The normalized spacial score (nSPS) is 14.5. The molecular formula is C85H80BrN33O6S3. The number of ether oxygens (including phenoxy) is 4. The number of aromatic amines is 5. The van der Waals surface area contributed by atoms with Crippen LogP contribution in [0.3, 0.4) is 0 Å². The van der Waals surface area contributed by atoms with Crippen LogP contribution in [-0.4, -0.2) is 229 Å². The van der Waals surface area contributed by atoms with E-state index in [0.717, 1.165) is 145 Å². The maximum atomic E-state index is 11.3. The predicted molar refractivity (Wildman–Crippen MR) is 498 cm³/mol. The van der Waals surface area contributed by atoms with E-state index >= 15 is 0 Å². The van der Waals surface area contributed by atoms with E-state index in [1.54, 1.807) is 65.1 Å². The van der Waals surface area contributed by atoms with Crippen LogP contribution < -0.4 is 40.9 Å². The second-order valence-corrected chi connectivity index (χ2v) is 33.4. The number of nitro benzene ring substituents is 1. The largest absolute Gasteiger partial charge is 0.378 e. The summed E-state index contributed by atoms with van der Waals surface area (Å²) in [6, 6.07) is 35.7. The molecule has 4 aliphatic rings. The van der Waals surface area contributed by atoms with E-state index in [4.69, 9.17) is 63.8 Å². The number of nitrogens with one attached hydrogen (secondary N) is 9. The summed E-state index contributed by atoms with van der Waals surface area (Å²) >= 11 is 8.50. The second-order valence-electron chi connectivity index (χ2n) is 30.2. The highest BCUT2D eigenvalue weighted by atomic mass is 79.9. The van der Waals surface area contributed by atoms with Crippen molar-refractivity contribution in [3.05, 3.63) is 210 Å². The Hall–Kier alpha value is -14.3. The first-order valence-corrected chi connectivity index (χ1v) is 45.0. The average molecular weight is 1840 g/mol. The summed E-state index contributed by atoms with van der Waals surface area (Å²) < 4.78 is 28.9. The first kappa shape index (κ1) is 80.8. The number of hydrogen-bond acceptors (Lipinski definition) is 33. The molecule has 646 valence electrons. The molecule has 4 fully saturated rings. The summed E-state index contributed by atoms with van der Waals surface area (Å²) in [5.74, 6) is 8.35. The molecule has 0 amide bonds. The van der Waals surface area contributed by atoms with Crippen LogP contribution in [0.15, 0.2) is 171 Å². The number of benzene rings is 5. The number of hydrogen-bond donors (Lipinski definition) is 9. The Bertz CT molecular complexity index is 7260. The third kappa shape index (κ3) is 17.0. The van der Waals surface area contributed by atoms with Gasteiger partial charge in [-0.2, -0.15) is 73.9 Å². The lowest BCUT2D eigenvalue weighted by Gasteiger charge is -2.27. The average Bonchev–Trinajstić information content (AvgIpc) is 1.62. The van der Waals surface area contributed by atoms with E-state index in [-0.39, 0.29) is 12.2 Å². The van der Waals surface area contributed by atoms with Gasteiger partial charge in [-0.05, 0) is 116 Å². The summed E-state index contributed by atoms with van der Waals surface area (Å²) in [5, 5.41) is 39.6. The van der Waals surface area contributed by atoms with Gasteiger partial charge in [-0.25, -0.2) is 39.9 Å². The van der Waals surface area contributed by atoms with Crippen LogP contribution in [0.4, 0.5) is 52.8 Å². The number of morpholine rings is 4. The molecule has 4 aliphatic heterocycles. The SMILES string of the molecule is Cc1cc(Br)c2nc(CNc3nc(N4CCOCC4)nc4c3ncn4-c3ccsc3)[nH]c2c1.O=[N+]([O-])c1cccc2[nH]c(CNc3nc(N4CCOCC4)nc4c3ncn4-c3ccsc3)nc12.c1ccc2[nH]c(CNc3nc(N4CCOCC4)nc4nc[nH]c34)nc2c1.c1ccc2cc3[nH]c(CNc4nc(N5CCOCC5)nc5c4ncn5-c4ccsc4)nc3cc2c1. The fourth-order valence-electron chi connectivity index (χ4n) is 15.6. The zero-order valence-electron chi connectivity index (χ0n) is 68.6. The van der Waals surface area contributed by atoms with Gasteiger partial charge in [0.1, 0.15) is 53.3 Å². The molecule has 9 N–H and O–H groups in total. The molecule has 20 aromatic rings. The van der Waals surface area contributed by atoms with Crippen LogP contribution in [-0.2, 0) is 45.1 Å². The van der Waals surface area contributed by atoms with Crippen molar-refractivity contribution in [3.63, 3.8) is 0 Å². The molecule has 5 aromatic carbocycles. The topological polar surface area (TPSA) is 441 Å². The third-order valence-electron chi connectivity index (χ3n) is 22.0. The second kappa shape index (κ2) is 36.0. The highest BCUT2D eigenvalue weighted by molar-refractivity contribution is 9.10. The molecule has 39 nitrogen and oxygen atoms in total. The zero-order chi connectivity index (χ0) is 86.0. The maximum absolute atomic E-state index is 11.3. The highest BCUT2D eigenvalue weighted by Gasteiger charge is 2.27. The van der Waals surface area contributed by atoms with Crippen molar-refractivity contribution >= 4 is 202 Å². The monoisotopic (exact) mass is 1830 g/mol. The Balaban J connectivity index is 0.000000104. The van der Waals surface area contributed by atoms with Crippen molar-refractivity contribution < 1.29 is 23.9 Å². The Kier molecular flexibility index (Phi) is 22.7. The van der Waals surface area contributed by atoms with Gasteiger partial charge < -0.3 is 84.7 Å². The van der Waals surface area contributed by atoms with Gasteiger partial charge in [0.2, 0.25) is 23.8 Å². The fourth-order valence-corrected chi connectivity index (χ4v) is 18.1. The molecular weight excluding hydrogens is 1760 g/mol. The van der Waals surface area contributed by atoms with Crippen molar-refractivity contribution in [3.8, 4) is 17.1 Å². The molecule has 4 saturated heterocycles. The number of para-hydroxylation sites is 3. The van der Waals surface area contributed by atoms with Crippen LogP contribution in [0.2, 0.25) is 0 Å². The number of nitrogens with zero attached hydrogens (tertiary/aromatic N) is 24. The lowest BCUT2D eigenvalue weighted by atomic mass is 10.1. The molecule has 0 atom stereocenters. The Morgan fingerprint density at radius 3 is 1.33 bits per heavy atom. The van der Waals surface area contributed by atoms with Crippen LogP contribution in [0, 0.1) is 17.0 Å². The van der Waals surface area contributed by atoms with Gasteiger partial charge in [0.25, 0.3) is 5.69 Å². The number of thiophene rings is 3. The van der Waals surface area contributed by atoms with Gasteiger partial charge in [0, 0.05) is 79.0 Å². The minimum absolute atomic E-state index is 0.0338. The van der Waals surface area contributed by atoms with Crippen molar-refractivity contribution in [2.45, 2.75) is 33.1 Å². The van der Waals surface area contributed by atoms with Crippen LogP contribution in [0.25, 0.3) is 117 Å². The third-order valence-corrected chi connectivity index (χ3v) is 24.6. The number of halogens is 1. The molecule has 0 bridgehead atoms. The predicted octanol–water partition coefficient (Wildman–Crippen LogP) is 13.4. The van der Waals surface area contributed by atoms with Crippen LogP contribution in [0.1, 0.15) is 28.9 Å². The van der Waals surface area contributed by atoms with Gasteiger partial charge >= 0.3 is 0 Å². The number of rotatable bonds is 20. The minimum Gasteiger partial charge on any atom is -0.378 e. The summed E-state index contributed by atoms with van der Waals surface area (Å²) in [5.41, 5.74) is 16.8. The van der Waals surface area contributed by atoms with E-state index in [9.17, 15) is 10.1 Å². The van der Waals surface area contributed by atoms with E-state index < -0.39 is 4.92 Å². The summed E-state index contributed by atoms with van der Waals surface area (Å²) in [4.78, 5) is 111. The molecule has 0 radical (unpaired) electrons. The zero-order valence-corrected chi connectivity index (χ0v) is 72.6. The molecule has 0 unspecified atom stereocenters. The number of H-pyrrole nitrogens is 5. The molecule has 128 heavy (non-hydrogen) atoms. The van der Waals surface area contributed by atoms with Crippen molar-refractivity contribution in [2.24, 2.45) is 0 Å². The lowest BCUT2D eigenvalue weighted by Crippen LogP contribution is -2.37.